The van der Waals surface area contributed by atoms with Gasteiger partial charge in [0.1, 0.15) is 11.6 Å². The Morgan fingerprint density at radius 3 is 2.41 bits per heavy atom. The molecule has 0 amide bonds. The van der Waals surface area contributed by atoms with Gasteiger partial charge in [-0.3, -0.25) is 0 Å². The summed E-state index contributed by atoms with van der Waals surface area (Å²) in [6.07, 6.45) is 3.02. The van der Waals surface area contributed by atoms with Crippen molar-refractivity contribution in [3.05, 3.63) is 41.5 Å². The highest BCUT2D eigenvalue weighted by atomic mass is 35.6. The first-order valence-corrected chi connectivity index (χ1v) is 9.99. The highest BCUT2D eigenvalue weighted by Gasteiger charge is 2.28. The van der Waals surface area contributed by atoms with Gasteiger partial charge in [0.2, 0.25) is 9.74 Å². The lowest BCUT2D eigenvalue weighted by molar-refractivity contribution is 0.352. The summed E-state index contributed by atoms with van der Waals surface area (Å²) in [5.74, 6) is 1.88. The Morgan fingerprint density at radius 2 is 1.78 bits per heavy atom. The van der Waals surface area contributed by atoms with Gasteiger partial charge in [0.15, 0.2) is 5.82 Å². The molecule has 2 aromatic rings. The van der Waals surface area contributed by atoms with Crippen LogP contribution in [0.1, 0.15) is 30.1 Å². The first kappa shape index (κ1) is 20.4. The summed E-state index contributed by atoms with van der Waals surface area (Å²) in [5.41, 5.74) is 1.03. The minimum atomic E-state index is -1.71. The summed E-state index contributed by atoms with van der Waals surface area (Å²) >= 11 is 18.0. The molecule has 1 fully saturated rings. The van der Waals surface area contributed by atoms with E-state index in [1.165, 1.54) is 12.8 Å². The molecule has 0 radical (unpaired) electrons. The summed E-state index contributed by atoms with van der Waals surface area (Å²) in [6.45, 7) is 3.94. The van der Waals surface area contributed by atoms with Crippen molar-refractivity contribution in [1.82, 2.24) is 19.9 Å². The number of likely N-dealkylation sites (tertiary alicyclic amines) is 1. The molecular weight excluding hydrogens is 409 g/mol. The number of aromatic nitrogens is 3. The third kappa shape index (κ3) is 6.07. The predicted octanol–water partition coefficient (Wildman–Crippen LogP) is 3.81. The second-order valence-electron chi connectivity index (χ2n) is 6.40. The lowest BCUT2D eigenvalue weighted by Crippen LogP contribution is -2.27. The van der Waals surface area contributed by atoms with Crippen molar-refractivity contribution in [2.24, 2.45) is 0 Å². The number of hydrogen-bond acceptors (Lipinski definition) is 6. The molecule has 0 spiro atoms. The molecule has 0 aliphatic carbocycles. The maximum absolute atomic E-state index is 6.01. The number of rotatable bonds is 7. The van der Waals surface area contributed by atoms with Crippen LogP contribution in [0.5, 0.6) is 5.75 Å². The molecule has 6 nitrogen and oxygen atoms in total. The van der Waals surface area contributed by atoms with Gasteiger partial charge >= 0.3 is 0 Å². The number of nitrogens with one attached hydrogen (secondary N) is 1. The van der Waals surface area contributed by atoms with Crippen molar-refractivity contribution in [2.75, 3.05) is 38.6 Å². The Balaban J connectivity index is 1.72. The van der Waals surface area contributed by atoms with Crippen LogP contribution in [0.2, 0.25) is 0 Å². The highest BCUT2D eigenvalue weighted by Crippen LogP contribution is 2.36. The number of anilines is 1. The second-order valence-corrected chi connectivity index (χ2v) is 8.68. The lowest BCUT2D eigenvalue weighted by atomic mass is 10.1. The molecule has 1 saturated heterocycles. The van der Waals surface area contributed by atoms with Crippen molar-refractivity contribution in [3.63, 3.8) is 0 Å². The van der Waals surface area contributed by atoms with E-state index in [1.54, 1.807) is 7.11 Å². The van der Waals surface area contributed by atoms with E-state index in [4.69, 9.17) is 39.5 Å². The van der Waals surface area contributed by atoms with Crippen LogP contribution >= 0.6 is 34.8 Å². The van der Waals surface area contributed by atoms with Crippen LogP contribution in [0, 0.1) is 0 Å². The van der Waals surface area contributed by atoms with Crippen LogP contribution in [-0.2, 0) is 10.2 Å². The van der Waals surface area contributed by atoms with Gasteiger partial charge in [-0.25, -0.2) is 4.98 Å². The summed E-state index contributed by atoms with van der Waals surface area (Å²) in [7, 11) is 1.63. The Labute approximate surface area is 174 Å². The molecule has 0 atom stereocenters. The quantitative estimate of drug-likeness (QED) is 0.674. The number of nitrogens with zero attached hydrogens (tertiary/aromatic N) is 4. The maximum Gasteiger partial charge on any atom is 0.250 e. The van der Waals surface area contributed by atoms with E-state index >= 15 is 0 Å². The zero-order valence-electron chi connectivity index (χ0n) is 15.1. The third-order valence-corrected chi connectivity index (χ3v) is 4.87. The van der Waals surface area contributed by atoms with Crippen LogP contribution < -0.4 is 10.1 Å². The van der Waals surface area contributed by atoms with Gasteiger partial charge in [-0.05, 0) is 43.6 Å². The van der Waals surface area contributed by atoms with Gasteiger partial charge in [0, 0.05) is 19.5 Å². The molecule has 0 saturated carbocycles. The van der Waals surface area contributed by atoms with E-state index in [2.05, 4.69) is 25.2 Å². The van der Waals surface area contributed by atoms with Crippen molar-refractivity contribution in [2.45, 2.75) is 23.1 Å². The fourth-order valence-corrected chi connectivity index (χ4v) is 3.22. The minimum absolute atomic E-state index is 0.120. The van der Waals surface area contributed by atoms with Crippen molar-refractivity contribution >= 4 is 40.8 Å². The van der Waals surface area contributed by atoms with Crippen LogP contribution in [0.3, 0.4) is 0 Å². The monoisotopic (exact) mass is 429 g/mol. The molecule has 9 heteroatoms. The van der Waals surface area contributed by atoms with Gasteiger partial charge in [-0.15, -0.1) is 0 Å². The standard InChI is InChI=1S/C18H22Cl3N5O/c1-27-14-6-4-13(5-7-14)12-15-23-16(18(19,20)21)25-17(24-15)22-8-11-26-9-2-3-10-26/h4-7H,2-3,8-12H2,1H3,(H,22,23,24,25). The molecular formula is C18H22Cl3N5O. The smallest absolute Gasteiger partial charge is 0.250 e. The molecule has 0 bridgehead atoms. The van der Waals surface area contributed by atoms with Gasteiger partial charge in [0.25, 0.3) is 0 Å². The molecule has 1 aromatic heterocycles. The van der Waals surface area contributed by atoms with E-state index in [9.17, 15) is 0 Å². The lowest BCUT2D eigenvalue weighted by Gasteiger charge is -2.16. The summed E-state index contributed by atoms with van der Waals surface area (Å²) in [4.78, 5) is 15.5. The second kappa shape index (κ2) is 9.24. The Hall–Kier alpha value is -1.34. The van der Waals surface area contributed by atoms with E-state index in [0.29, 0.717) is 18.2 Å². The molecule has 146 valence electrons. The van der Waals surface area contributed by atoms with Gasteiger partial charge in [0.05, 0.1) is 7.11 Å². The zero-order chi connectivity index (χ0) is 19.3. The van der Waals surface area contributed by atoms with Crippen LogP contribution in [0.15, 0.2) is 24.3 Å². The van der Waals surface area contributed by atoms with Crippen LogP contribution in [0.4, 0.5) is 5.95 Å². The Morgan fingerprint density at radius 1 is 1.07 bits per heavy atom. The highest BCUT2D eigenvalue weighted by molar-refractivity contribution is 6.66. The fourth-order valence-electron chi connectivity index (χ4n) is 2.96. The van der Waals surface area contributed by atoms with Crippen molar-refractivity contribution in [3.8, 4) is 5.75 Å². The maximum atomic E-state index is 6.01. The molecule has 1 N–H and O–H groups in total. The number of methoxy groups -OCH3 is 1. The number of ether oxygens (including phenoxy) is 1. The Bertz CT molecular complexity index is 746. The SMILES string of the molecule is COc1ccc(Cc2nc(NCCN3CCCC3)nc(C(Cl)(Cl)Cl)n2)cc1. The molecule has 1 aliphatic rings. The summed E-state index contributed by atoms with van der Waals surface area (Å²) in [6, 6.07) is 7.69. The molecule has 1 aliphatic heterocycles. The molecule has 0 unspecified atom stereocenters. The first-order valence-electron chi connectivity index (χ1n) is 8.85. The van der Waals surface area contributed by atoms with Crippen LogP contribution in [-0.4, -0.2) is 53.1 Å². The number of benzene rings is 1. The topological polar surface area (TPSA) is 63.2 Å². The van der Waals surface area contributed by atoms with E-state index in [-0.39, 0.29) is 5.82 Å². The average Bonchev–Trinajstić information content (AvgIpc) is 3.15. The van der Waals surface area contributed by atoms with Crippen molar-refractivity contribution in [1.29, 1.82) is 0 Å². The molecule has 2 heterocycles. The zero-order valence-corrected chi connectivity index (χ0v) is 17.4. The molecule has 27 heavy (non-hydrogen) atoms. The Kier molecular flexibility index (Phi) is 6.98. The van der Waals surface area contributed by atoms with E-state index in [1.807, 2.05) is 24.3 Å². The van der Waals surface area contributed by atoms with E-state index in [0.717, 1.165) is 37.5 Å². The molecule has 3 rings (SSSR count). The fraction of sp³-hybridized carbons (Fsp3) is 0.500. The summed E-state index contributed by atoms with van der Waals surface area (Å²) < 4.78 is 3.48. The number of alkyl halides is 3. The predicted molar refractivity (Wildman–Crippen MR) is 109 cm³/mol. The number of halogens is 3. The number of hydrogen-bond donors (Lipinski definition) is 1. The third-order valence-electron chi connectivity index (χ3n) is 4.37. The molecule has 1 aromatic carbocycles. The van der Waals surface area contributed by atoms with Gasteiger partial charge < -0.3 is 15.0 Å². The van der Waals surface area contributed by atoms with Gasteiger partial charge in [-0.1, -0.05) is 46.9 Å². The van der Waals surface area contributed by atoms with Gasteiger partial charge in [-0.2, -0.15) is 9.97 Å². The van der Waals surface area contributed by atoms with Crippen LogP contribution in [0.25, 0.3) is 0 Å². The summed E-state index contributed by atoms with van der Waals surface area (Å²) in [5, 5.41) is 3.23. The van der Waals surface area contributed by atoms with E-state index < -0.39 is 3.79 Å². The average molecular weight is 431 g/mol. The van der Waals surface area contributed by atoms with Crippen molar-refractivity contribution < 1.29 is 4.74 Å². The normalized spacial score (nSPS) is 15.1. The largest absolute Gasteiger partial charge is 0.497 e. The minimum Gasteiger partial charge on any atom is -0.497 e. The first-order chi connectivity index (χ1) is 12.9.